The fourth-order valence-corrected chi connectivity index (χ4v) is 2.23. The fourth-order valence-electron chi connectivity index (χ4n) is 2.23. The summed E-state index contributed by atoms with van der Waals surface area (Å²) in [5.74, 6) is 1.82. The van der Waals surface area contributed by atoms with Gasteiger partial charge in [-0.3, -0.25) is 9.79 Å². The summed E-state index contributed by atoms with van der Waals surface area (Å²) in [7, 11) is 1.80. The molecular formula is C14H28N4O. The second-order valence-corrected chi connectivity index (χ2v) is 5.62. The number of nitrogens with zero attached hydrogens (tertiary/aromatic N) is 2. The third kappa shape index (κ3) is 5.94. The number of rotatable bonds is 4. The zero-order valence-corrected chi connectivity index (χ0v) is 12.7. The fraction of sp³-hybridized carbons (Fsp3) is 0.857. The van der Waals surface area contributed by atoms with Crippen LogP contribution in [0.15, 0.2) is 4.99 Å². The maximum absolute atomic E-state index is 11.5. The van der Waals surface area contributed by atoms with Gasteiger partial charge in [-0.15, -0.1) is 0 Å². The third-order valence-corrected chi connectivity index (χ3v) is 3.38. The van der Waals surface area contributed by atoms with Gasteiger partial charge in [-0.2, -0.15) is 0 Å². The van der Waals surface area contributed by atoms with E-state index in [2.05, 4.69) is 27.4 Å². The van der Waals surface area contributed by atoms with E-state index in [9.17, 15) is 4.79 Å². The zero-order chi connectivity index (χ0) is 14.3. The Bertz CT molecular complexity index is 307. The normalized spacial score (nSPS) is 17.7. The van der Waals surface area contributed by atoms with E-state index in [0.717, 1.165) is 25.0 Å². The maximum Gasteiger partial charge on any atom is 0.221 e. The molecule has 0 spiro atoms. The van der Waals surface area contributed by atoms with Crippen molar-refractivity contribution in [3.05, 3.63) is 0 Å². The van der Waals surface area contributed by atoms with Gasteiger partial charge >= 0.3 is 0 Å². The first-order valence-corrected chi connectivity index (χ1v) is 7.28. The van der Waals surface area contributed by atoms with Crippen LogP contribution in [0.25, 0.3) is 0 Å². The highest BCUT2D eigenvalue weighted by atomic mass is 16.1. The first-order chi connectivity index (χ1) is 9.02. The summed E-state index contributed by atoms with van der Waals surface area (Å²) < 4.78 is 0. The quantitative estimate of drug-likeness (QED) is 0.595. The molecule has 1 amide bonds. The van der Waals surface area contributed by atoms with Crippen LogP contribution in [0.5, 0.6) is 0 Å². The summed E-state index contributed by atoms with van der Waals surface area (Å²) in [5.41, 5.74) is 0. The molecule has 19 heavy (non-hydrogen) atoms. The molecule has 0 aliphatic carbocycles. The Morgan fingerprint density at radius 3 is 2.53 bits per heavy atom. The van der Waals surface area contributed by atoms with Crippen molar-refractivity contribution in [3.63, 3.8) is 0 Å². The number of hydrogen-bond donors (Lipinski definition) is 2. The highest BCUT2D eigenvalue weighted by molar-refractivity contribution is 5.81. The molecule has 110 valence electrons. The molecule has 1 aliphatic rings. The van der Waals surface area contributed by atoms with Gasteiger partial charge in [0.2, 0.25) is 5.91 Å². The molecule has 1 fully saturated rings. The monoisotopic (exact) mass is 268 g/mol. The molecule has 2 N–H and O–H groups in total. The Hall–Kier alpha value is -1.26. The van der Waals surface area contributed by atoms with Gasteiger partial charge in [0.05, 0.1) is 0 Å². The molecule has 0 radical (unpaired) electrons. The Morgan fingerprint density at radius 1 is 1.37 bits per heavy atom. The van der Waals surface area contributed by atoms with Crippen LogP contribution < -0.4 is 10.6 Å². The van der Waals surface area contributed by atoms with Crippen molar-refractivity contribution in [2.75, 3.05) is 26.7 Å². The van der Waals surface area contributed by atoms with Crippen molar-refractivity contribution in [2.45, 2.75) is 46.1 Å². The van der Waals surface area contributed by atoms with Crippen molar-refractivity contribution in [2.24, 2.45) is 10.9 Å². The summed E-state index contributed by atoms with van der Waals surface area (Å²) >= 11 is 0. The number of guanidine groups is 1. The Kier molecular flexibility index (Phi) is 6.67. The van der Waals surface area contributed by atoms with Crippen LogP contribution in [0.4, 0.5) is 0 Å². The van der Waals surface area contributed by atoms with Gasteiger partial charge in [-0.25, -0.2) is 0 Å². The molecule has 1 heterocycles. The predicted molar refractivity (Wildman–Crippen MR) is 79.2 cm³/mol. The van der Waals surface area contributed by atoms with Gasteiger partial charge in [0.1, 0.15) is 0 Å². The summed E-state index contributed by atoms with van der Waals surface area (Å²) in [6.45, 7) is 8.98. The lowest BCUT2D eigenvalue weighted by atomic mass is 10.00. The average Bonchev–Trinajstić information content (AvgIpc) is 2.35. The lowest BCUT2D eigenvalue weighted by Crippen LogP contribution is -2.46. The number of carbonyl (C=O) groups excluding carboxylic acids is 1. The molecule has 1 saturated heterocycles. The number of nitrogens with one attached hydrogen (secondary N) is 2. The largest absolute Gasteiger partial charge is 0.356 e. The van der Waals surface area contributed by atoms with E-state index < -0.39 is 0 Å². The van der Waals surface area contributed by atoms with Crippen molar-refractivity contribution >= 4 is 11.9 Å². The van der Waals surface area contributed by atoms with Crippen molar-refractivity contribution in [3.8, 4) is 0 Å². The minimum absolute atomic E-state index is 0.0882. The van der Waals surface area contributed by atoms with Crippen molar-refractivity contribution in [1.82, 2.24) is 15.5 Å². The van der Waals surface area contributed by atoms with Gasteiger partial charge in [-0.1, -0.05) is 6.92 Å². The number of amides is 1. The average molecular weight is 268 g/mol. The molecule has 0 unspecified atom stereocenters. The van der Waals surface area contributed by atoms with Gasteiger partial charge < -0.3 is 15.5 Å². The van der Waals surface area contributed by atoms with E-state index in [1.807, 2.05) is 13.8 Å². The summed E-state index contributed by atoms with van der Waals surface area (Å²) in [6, 6.07) is 0.204. The lowest BCUT2D eigenvalue weighted by molar-refractivity contribution is -0.121. The second-order valence-electron chi connectivity index (χ2n) is 5.62. The molecule has 0 saturated carbocycles. The standard InChI is InChI=1S/C14H28N4O/c1-11(2)17-13(19)5-8-16-14(15-4)18-9-6-12(3)7-10-18/h11-12H,5-10H2,1-4H3,(H,15,16)(H,17,19). The number of carbonyl (C=O) groups is 1. The number of piperidine rings is 1. The minimum Gasteiger partial charge on any atom is -0.356 e. The molecule has 0 aromatic carbocycles. The molecule has 0 bridgehead atoms. The van der Waals surface area contributed by atoms with Gasteiger partial charge in [0.25, 0.3) is 0 Å². The van der Waals surface area contributed by atoms with E-state index in [-0.39, 0.29) is 11.9 Å². The van der Waals surface area contributed by atoms with Crippen LogP contribution in [0.2, 0.25) is 0 Å². The van der Waals surface area contributed by atoms with Crippen molar-refractivity contribution < 1.29 is 4.79 Å². The second kappa shape index (κ2) is 8.02. The van der Waals surface area contributed by atoms with E-state index in [4.69, 9.17) is 0 Å². The van der Waals surface area contributed by atoms with E-state index in [1.54, 1.807) is 7.05 Å². The first kappa shape index (κ1) is 15.8. The molecule has 0 aromatic rings. The molecule has 1 aliphatic heterocycles. The summed E-state index contributed by atoms with van der Waals surface area (Å²) in [5, 5.41) is 6.16. The van der Waals surface area contributed by atoms with Gasteiger partial charge in [0.15, 0.2) is 5.96 Å². The SMILES string of the molecule is CN=C(NCCC(=O)NC(C)C)N1CCC(C)CC1. The van der Waals surface area contributed by atoms with Gasteiger partial charge in [0, 0.05) is 39.1 Å². The molecule has 5 nitrogen and oxygen atoms in total. The lowest BCUT2D eigenvalue weighted by Gasteiger charge is -2.32. The van der Waals surface area contributed by atoms with Crippen LogP contribution in [0, 0.1) is 5.92 Å². The van der Waals surface area contributed by atoms with E-state index in [0.29, 0.717) is 13.0 Å². The summed E-state index contributed by atoms with van der Waals surface area (Å²) in [4.78, 5) is 18.1. The van der Waals surface area contributed by atoms with Crippen molar-refractivity contribution in [1.29, 1.82) is 0 Å². The topological polar surface area (TPSA) is 56.7 Å². The van der Waals surface area contributed by atoms with Crippen LogP contribution >= 0.6 is 0 Å². The Morgan fingerprint density at radius 2 is 2.00 bits per heavy atom. The Balaban J connectivity index is 2.28. The predicted octanol–water partition coefficient (Wildman–Crippen LogP) is 1.21. The smallest absolute Gasteiger partial charge is 0.221 e. The van der Waals surface area contributed by atoms with Crippen LogP contribution in [0.3, 0.4) is 0 Å². The Labute approximate surface area is 116 Å². The first-order valence-electron chi connectivity index (χ1n) is 7.28. The highest BCUT2D eigenvalue weighted by Crippen LogP contribution is 2.15. The van der Waals surface area contributed by atoms with Crippen LogP contribution in [0.1, 0.15) is 40.0 Å². The zero-order valence-electron chi connectivity index (χ0n) is 12.7. The maximum atomic E-state index is 11.5. The summed E-state index contributed by atoms with van der Waals surface area (Å²) in [6.07, 6.45) is 2.92. The van der Waals surface area contributed by atoms with Crippen LogP contribution in [-0.4, -0.2) is 49.5 Å². The highest BCUT2D eigenvalue weighted by Gasteiger charge is 2.18. The number of hydrogen-bond acceptors (Lipinski definition) is 2. The molecule has 5 heteroatoms. The molecular weight excluding hydrogens is 240 g/mol. The van der Waals surface area contributed by atoms with E-state index in [1.165, 1.54) is 12.8 Å². The molecule has 0 aromatic heterocycles. The number of aliphatic imine (C=N–C) groups is 1. The van der Waals surface area contributed by atoms with Crippen LogP contribution in [-0.2, 0) is 4.79 Å². The van der Waals surface area contributed by atoms with E-state index >= 15 is 0 Å². The minimum atomic E-state index is 0.0882. The van der Waals surface area contributed by atoms with Gasteiger partial charge in [-0.05, 0) is 32.6 Å². The number of likely N-dealkylation sites (tertiary alicyclic amines) is 1. The molecule has 0 atom stereocenters. The molecule has 1 rings (SSSR count). The third-order valence-electron chi connectivity index (χ3n) is 3.38.